The fourth-order valence-electron chi connectivity index (χ4n) is 1.23. The molecule has 0 amide bonds. The van der Waals surface area contributed by atoms with E-state index in [-0.39, 0.29) is 0 Å². The van der Waals surface area contributed by atoms with Gasteiger partial charge in [0.05, 0.1) is 0 Å². The Labute approximate surface area is 92.4 Å². The van der Waals surface area contributed by atoms with Crippen molar-refractivity contribution < 1.29 is 4.52 Å². The summed E-state index contributed by atoms with van der Waals surface area (Å²) in [5.74, 6) is 0.572. The molecule has 76 valence electrons. The van der Waals surface area contributed by atoms with Crippen LogP contribution in [0.25, 0.3) is 11.6 Å². The van der Waals surface area contributed by atoms with Crippen LogP contribution in [-0.4, -0.2) is 10.1 Å². The van der Waals surface area contributed by atoms with Crippen molar-refractivity contribution in [1.29, 1.82) is 0 Å². The highest BCUT2D eigenvalue weighted by molar-refractivity contribution is 6.30. The summed E-state index contributed by atoms with van der Waals surface area (Å²) in [6.07, 6.45) is 3.16. The molecule has 0 saturated carbocycles. The van der Waals surface area contributed by atoms with Crippen LogP contribution in [0.3, 0.4) is 0 Å². The number of hydrogen-bond acceptors (Lipinski definition) is 3. The van der Waals surface area contributed by atoms with E-state index in [2.05, 4.69) is 14.7 Å². The van der Waals surface area contributed by atoms with Crippen molar-refractivity contribution in [3.05, 3.63) is 47.1 Å². The Bertz CT molecular complexity index is 460. The first-order valence-electron chi connectivity index (χ1n) is 4.46. The summed E-state index contributed by atoms with van der Waals surface area (Å²) in [6, 6.07) is 7.61. The zero-order valence-electron chi connectivity index (χ0n) is 8.14. The van der Waals surface area contributed by atoms with Crippen molar-refractivity contribution >= 4 is 23.3 Å². The number of aromatic nitrogens is 2. The minimum Gasteiger partial charge on any atom is -0.342 e. The second-order valence-corrected chi connectivity index (χ2v) is 3.56. The van der Waals surface area contributed by atoms with Gasteiger partial charge in [-0.1, -0.05) is 28.9 Å². The molecule has 0 bridgehead atoms. The predicted octanol–water partition coefficient (Wildman–Crippen LogP) is 3.28. The molecule has 0 unspecified atom stereocenters. The van der Waals surface area contributed by atoms with Crippen LogP contribution in [0.15, 0.2) is 35.2 Å². The first-order chi connectivity index (χ1) is 7.25. The number of rotatable bonds is 2. The van der Waals surface area contributed by atoms with Crippen LogP contribution >= 0.6 is 11.6 Å². The third kappa shape index (κ3) is 2.44. The molecule has 1 aromatic heterocycles. The van der Waals surface area contributed by atoms with Crippen molar-refractivity contribution in [2.75, 3.05) is 0 Å². The van der Waals surface area contributed by atoms with E-state index in [1.54, 1.807) is 0 Å². The van der Waals surface area contributed by atoms with E-state index in [9.17, 15) is 0 Å². The number of allylic oxidation sites excluding steroid dienone is 1. The van der Waals surface area contributed by atoms with Crippen LogP contribution in [0.5, 0.6) is 0 Å². The van der Waals surface area contributed by atoms with E-state index < -0.39 is 0 Å². The normalized spacial score (nSPS) is 11.7. The lowest BCUT2D eigenvalue weighted by Gasteiger charge is -1.99. The molecule has 2 rings (SSSR count). The summed E-state index contributed by atoms with van der Waals surface area (Å²) in [7, 11) is 0. The lowest BCUT2D eigenvalue weighted by atomic mass is 10.1. The lowest BCUT2D eigenvalue weighted by Crippen LogP contribution is -1.81. The molecule has 0 atom stereocenters. The molecule has 0 aliphatic rings. The highest BCUT2D eigenvalue weighted by Crippen LogP contribution is 2.18. The van der Waals surface area contributed by atoms with E-state index >= 15 is 0 Å². The number of benzene rings is 1. The van der Waals surface area contributed by atoms with Crippen LogP contribution < -0.4 is 0 Å². The fraction of sp³-hybridized carbons (Fsp3) is 0.0909. The monoisotopic (exact) mass is 220 g/mol. The molecular weight excluding hydrogens is 212 g/mol. The first kappa shape index (κ1) is 9.93. The van der Waals surface area contributed by atoms with Crippen LogP contribution in [0.2, 0.25) is 5.02 Å². The summed E-state index contributed by atoms with van der Waals surface area (Å²) < 4.78 is 4.64. The summed E-state index contributed by atoms with van der Waals surface area (Å²) in [5.41, 5.74) is 2.15. The molecule has 0 radical (unpaired) electrons. The van der Waals surface area contributed by atoms with Crippen LogP contribution in [0.4, 0.5) is 0 Å². The third-order valence-corrected chi connectivity index (χ3v) is 2.28. The maximum Gasteiger partial charge on any atom is 0.214 e. The average Bonchev–Trinajstić information content (AvgIpc) is 2.71. The van der Waals surface area contributed by atoms with Crippen LogP contribution in [0, 0.1) is 0 Å². The van der Waals surface area contributed by atoms with Gasteiger partial charge in [0.2, 0.25) is 6.39 Å². The quantitative estimate of drug-likeness (QED) is 0.780. The van der Waals surface area contributed by atoms with Crippen molar-refractivity contribution in [2.24, 2.45) is 0 Å². The molecule has 1 heterocycles. The Balaban J connectivity index is 2.28. The van der Waals surface area contributed by atoms with Gasteiger partial charge in [-0.3, -0.25) is 0 Å². The van der Waals surface area contributed by atoms with E-state index in [1.165, 1.54) is 6.39 Å². The Morgan fingerprint density at radius 1 is 1.33 bits per heavy atom. The van der Waals surface area contributed by atoms with Crippen molar-refractivity contribution in [3.8, 4) is 0 Å². The highest BCUT2D eigenvalue weighted by atomic mass is 35.5. The van der Waals surface area contributed by atoms with Gasteiger partial charge in [0, 0.05) is 5.02 Å². The van der Waals surface area contributed by atoms with Crippen molar-refractivity contribution in [2.45, 2.75) is 6.92 Å². The smallest absolute Gasteiger partial charge is 0.214 e. The van der Waals surface area contributed by atoms with Crippen molar-refractivity contribution in [3.63, 3.8) is 0 Å². The molecule has 15 heavy (non-hydrogen) atoms. The zero-order chi connectivity index (χ0) is 10.7. The Kier molecular flexibility index (Phi) is 2.83. The zero-order valence-corrected chi connectivity index (χ0v) is 8.90. The molecule has 0 aliphatic heterocycles. The largest absolute Gasteiger partial charge is 0.342 e. The predicted molar refractivity (Wildman–Crippen MR) is 59.3 cm³/mol. The first-order valence-corrected chi connectivity index (χ1v) is 4.84. The van der Waals surface area contributed by atoms with Gasteiger partial charge in [0.1, 0.15) is 0 Å². The lowest BCUT2D eigenvalue weighted by molar-refractivity contribution is 0.415. The third-order valence-electron chi connectivity index (χ3n) is 2.02. The Morgan fingerprint density at radius 3 is 2.67 bits per heavy atom. The Morgan fingerprint density at radius 2 is 2.07 bits per heavy atom. The van der Waals surface area contributed by atoms with Gasteiger partial charge in [-0.25, -0.2) is 0 Å². The molecule has 3 nitrogen and oxygen atoms in total. The Hall–Kier alpha value is -1.61. The molecule has 4 heteroatoms. The van der Waals surface area contributed by atoms with Gasteiger partial charge in [-0.05, 0) is 36.3 Å². The summed E-state index contributed by atoms with van der Waals surface area (Å²) in [4.78, 5) is 3.92. The molecule has 0 spiro atoms. The molecule has 0 aliphatic carbocycles. The second kappa shape index (κ2) is 4.28. The van der Waals surface area contributed by atoms with Crippen molar-refractivity contribution in [1.82, 2.24) is 10.1 Å². The van der Waals surface area contributed by atoms with Crippen LogP contribution in [0.1, 0.15) is 18.3 Å². The summed E-state index contributed by atoms with van der Waals surface area (Å²) in [6.45, 7) is 1.99. The van der Waals surface area contributed by atoms with Gasteiger partial charge >= 0.3 is 0 Å². The SMILES string of the molecule is CC(=Cc1ncon1)c1ccc(Cl)cc1. The van der Waals surface area contributed by atoms with E-state index in [0.717, 1.165) is 16.2 Å². The number of halogens is 1. The molecule has 1 aromatic carbocycles. The second-order valence-electron chi connectivity index (χ2n) is 3.12. The van der Waals surface area contributed by atoms with E-state index in [1.807, 2.05) is 37.3 Å². The topological polar surface area (TPSA) is 38.9 Å². The minimum absolute atomic E-state index is 0.572. The average molecular weight is 221 g/mol. The summed E-state index contributed by atoms with van der Waals surface area (Å²) >= 11 is 5.80. The van der Waals surface area contributed by atoms with Gasteiger partial charge in [-0.2, -0.15) is 4.98 Å². The van der Waals surface area contributed by atoms with E-state index in [4.69, 9.17) is 11.6 Å². The van der Waals surface area contributed by atoms with Gasteiger partial charge in [0.25, 0.3) is 0 Å². The number of nitrogens with zero attached hydrogens (tertiary/aromatic N) is 2. The summed E-state index contributed by atoms with van der Waals surface area (Å²) in [5, 5.41) is 4.44. The molecular formula is C11H9ClN2O. The highest BCUT2D eigenvalue weighted by Gasteiger charge is 1.98. The molecule has 0 N–H and O–H groups in total. The van der Waals surface area contributed by atoms with Gasteiger partial charge in [0.15, 0.2) is 5.82 Å². The minimum atomic E-state index is 0.572. The standard InChI is InChI=1S/C11H9ClN2O/c1-8(6-11-13-7-15-14-11)9-2-4-10(12)5-3-9/h2-7H,1H3. The van der Waals surface area contributed by atoms with E-state index in [0.29, 0.717) is 5.82 Å². The van der Waals surface area contributed by atoms with Gasteiger partial charge in [-0.15, -0.1) is 0 Å². The fourth-order valence-corrected chi connectivity index (χ4v) is 1.36. The van der Waals surface area contributed by atoms with Gasteiger partial charge < -0.3 is 4.52 Å². The molecule has 2 aromatic rings. The van der Waals surface area contributed by atoms with Crippen LogP contribution in [-0.2, 0) is 0 Å². The molecule has 0 saturated heterocycles. The number of hydrogen-bond donors (Lipinski definition) is 0. The molecule has 0 fully saturated rings. The maximum atomic E-state index is 5.80. The maximum absolute atomic E-state index is 5.80.